The third-order valence-electron chi connectivity index (χ3n) is 20.0. The molecule has 4 aliphatic carbocycles. The highest BCUT2D eigenvalue weighted by Gasteiger charge is 2.63. The van der Waals surface area contributed by atoms with Gasteiger partial charge in [0, 0.05) is 47.8 Å². The smallest absolute Gasteiger partial charge is 0.171 e. The number of nitrogens with one attached hydrogen (secondary N) is 2. The van der Waals surface area contributed by atoms with Crippen LogP contribution in [0, 0.1) is 33.1 Å². The van der Waals surface area contributed by atoms with E-state index in [1.165, 1.54) is 95.9 Å². The Balaban J connectivity index is 0.758. The van der Waals surface area contributed by atoms with Gasteiger partial charge in [-0.25, -0.2) is 0 Å². The minimum atomic E-state index is -0.589. The Bertz CT molecular complexity index is 2050. The van der Waals surface area contributed by atoms with Gasteiger partial charge in [-0.15, -0.1) is 0 Å². The van der Waals surface area contributed by atoms with Crippen molar-refractivity contribution in [1.29, 1.82) is 0 Å². The van der Waals surface area contributed by atoms with Crippen molar-refractivity contribution in [2.24, 2.45) is 5.41 Å². The van der Waals surface area contributed by atoms with Gasteiger partial charge in [0.1, 0.15) is 0 Å². The van der Waals surface area contributed by atoms with Crippen LogP contribution in [0.2, 0.25) is 0 Å². The second kappa shape index (κ2) is 18.0. The summed E-state index contributed by atoms with van der Waals surface area (Å²) >= 11 is 0. The predicted octanol–water partition coefficient (Wildman–Crippen LogP) is 13.8. The van der Waals surface area contributed by atoms with Crippen LogP contribution in [-0.2, 0) is 18.9 Å². The largest absolute Gasteiger partial charge is 0.349 e. The van der Waals surface area contributed by atoms with Gasteiger partial charge in [-0.2, -0.15) is 0 Å². The molecule has 7 spiro atoms. The van der Waals surface area contributed by atoms with Crippen molar-refractivity contribution in [3.05, 3.63) is 142 Å². The maximum absolute atomic E-state index is 7.39. The highest BCUT2D eigenvalue weighted by atomic mass is 16.7. The Labute approximate surface area is 414 Å². The molecule has 4 heterocycles. The summed E-state index contributed by atoms with van der Waals surface area (Å²) in [5, 5.41) is 8.99. The molecule has 0 atom stereocenters. The molecule has 368 valence electrons. The second-order valence-corrected chi connectivity index (χ2v) is 25.3. The summed E-state index contributed by atoms with van der Waals surface area (Å²) < 4.78 is 29.5. The monoisotopic (exact) mass is 931 g/mol. The fourth-order valence-electron chi connectivity index (χ4n) is 15.9. The molecule has 4 saturated heterocycles. The van der Waals surface area contributed by atoms with E-state index in [9.17, 15) is 0 Å². The molecule has 4 aliphatic heterocycles. The number of aryl methyl sites for hydroxylation is 4. The minimum absolute atomic E-state index is 0.0128. The van der Waals surface area contributed by atoms with E-state index < -0.39 is 11.6 Å². The van der Waals surface area contributed by atoms with Crippen LogP contribution in [0.3, 0.4) is 0 Å². The lowest BCUT2D eigenvalue weighted by Crippen LogP contribution is -2.73. The van der Waals surface area contributed by atoms with Gasteiger partial charge in [-0.05, 0) is 176 Å². The molecule has 4 aromatic carbocycles. The quantitative estimate of drug-likeness (QED) is 0.213. The summed E-state index contributed by atoms with van der Waals surface area (Å²) in [5.41, 5.74) is 11.1. The van der Waals surface area contributed by atoms with E-state index in [1.54, 1.807) is 0 Å². The Hall–Kier alpha value is -3.36. The lowest BCUT2D eigenvalue weighted by molar-refractivity contribution is -0.389. The number of piperidine rings is 2. The molecule has 0 aromatic heterocycles. The maximum atomic E-state index is 7.39. The Morgan fingerprint density at radius 2 is 0.522 bits per heavy atom. The zero-order valence-corrected chi connectivity index (χ0v) is 42.7. The lowest BCUT2D eigenvalue weighted by Gasteiger charge is -2.63. The van der Waals surface area contributed by atoms with E-state index in [-0.39, 0.29) is 27.6 Å². The topological polar surface area (TPSA) is 61.0 Å². The highest BCUT2D eigenvalue weighted by Crippen LogP contribution is 2.58. The van der Waals surface area contributed by atoms with E-state index in [1.807, 2.05) is 0 Å². The third kappa shape index (κ3) is 9.36. The van der Waals surface area contributed by atoms with Crippen LogP contribution in [0.5, 0.6) is 0 Å². The molecular weight excluding hydrogens is 849 g/mol. The van der Waals surface area contributed by atoms with Crippen molar-refractivity contribution in [2.75, 3.05) is 26.4 Å². The molecule has 6 nitrogen and oxygen atoms in total. The number of rotatable bonds is 4. The molecule has 6 heteroatoms. The lowest BCUT2D eigenvalue weighted by atomic mass is 9.61. The van der Waals surface area contributed by atoms with Gasteiger partial charge in [0.05, 0.1) is 31.8 Å². The van der Waals surface area contributed by atoms with Gasteiger partial charge >= 0.3 is 0 Å². The second-order valence-electron chi connectivity index (χ2n) is 25.3. The summed E-state index contributed by atoms with van der Waals surface area (Å²) in [4.78, 5) is 0. The summed E-state index contributed by atoms with van der Waals surface area (Å²) in [6.45, 7) is 11.3. The first kappa shape index (κ1) is 46.7. The average molecular weight is 931 g/mol. The van der Waals surface area contributed by atoms with Crippen molar-refractivity contribution in [3.8, 4) is 0 Å². The van der Waals surface area contributed by atoms with Crippen molar-refractivity contribution < 1.29 is 18.9 Å². The van der Waals surface area contributed by atoms with Crippen LogP contribution in [0.4, 0.5) is 0 Å². The van der Waals surface area contributed by atoms with Crippen LogP contribution in [0.25, 0.3) is 0 Å². The molecule has 69 heavy (non-hydrogen) atoms. The van der Waals surface area contributed by atoms with E-state index in [4.69, 9.17) is 18.9 Å². The summed E-state index contributed by atoms with van der Waals surface area (Å²) in [6.07, 6.45) is 22.7. The molecule has 8 fully saturated rings. The molecule has 0 bridgehead atoms. The number of benzene rings is 4. The molecule has 2 N–H and O–H groups in total. The SMILES string of the molecule is Cc1ccc(C2CCC3(CC2)CC2(CC4(CCC(c5ccc(C)cc5)CC4)N3)OCC3(CO2)COC2(CC4(CCC(c5ccc(C)cc5)CC4)NC4(CCC(c5ccc(C)cc5)CC4)C2)OC3)cc1. The van der Waals surface area contributed by atoms with E-state index in [2.05, 4.69) is 135 Å². The first-order valence-corrected chi connectivity index (χ1v) is 27.7. The van der Waals surface area contributed by atoms with Crippen molar-refractivity contribution in [2.45, 2.75) is 214 Å². The van der Waals surface area contributed by atoms with Crippen molar-refractivity contribution in [1.82, 2.24) is 10.6 Å². The highest BCUT2D eigenvalue weighted by molar-refractivity contribution is 5.30. The zero-order chi connectivity index (χ0) is 47.0. The van der Waals surface area contributed by atoms with Crippen LogP contribution < -0.4 is 10.6 Å². The van der Waals surface area contributed by atoms with E-state index >= 15 is 0 Å². The predicted molar refractivity (Wildman–Crippen MR) is 277 cm³/mol. The van der Waals surface area contributed by atoms with Crippen LogP contribution in [-0.4, -0.2) is 60.2 Å². The molecule has 8 aliphatic rings. The third-order valence-corrected chi connectivity index (χ3v) is 20.0. The normalized spacial score (nSPS) is 40.3. The fraction of sp³-hybridized carbons (Fsp3) is 0.619. The Morgan fingerprint density at radius 1 is 0.319 bits per heavy atom. The van der Waals surface area contributed by atoms with Crippen LogP contribution >= 0.6 is 0 Å². The van der Waals surface area contributed by atoms with E-state index in [0.29, 0.717) is 50.1 Å². The molecule has 0 radical (unpaired) electrons. The average Bonchev–Trinajstić information content (AvgIpc) is 3.36. The van der Waals surface area contributed by atoms with Gasteiger partial charge in [0.15, 0.2) is 11.6 Å². The van der Waals surface area contributed by atoms with E-state index in [0.717, 1.165) is 77.0 Å². The molecule has 0 unspecified atom stereocenters. The standard InChI is InChI=1S/C63H82N2O4/c1-45-5-13-49(14-6-45)53-21-29-58(30-22-53)37-62(38-59(64-58)31-23-54(24-32-59)50-15-7-46(2)8-16-50)66-41-57(42-67-62)43-68-63(69-44-57)39-60(33-25-55(26-34-60)51-17-9-47(3)10-18-51)65-61(40-63)35-27-56(28-36-61)52-19-11-48(4)12-20-52/h5-20,53-56,64-65H,21-44H2,1-4H3. The summed E-state index contributed by atoms with van der Waals surface area (Å²) in [5.74, 6) is 1.28. The Morgan fingerprint density at radius 3 is 0.725 bits per heavy atom. The first-order chi connectivity index (χ1) is 33.3. The van der Waals surface area contributed by atoms with Gasteiger partial charge in [0.25, 0.3) is 0 Å². The number of hydrogen-bond acceptors (Lipinski definition) is 6. The van der Waals surface area contributed by atoms with Crippen molar-refractivity contribution in [3.63, 3.8) is 0 Å². The van der Waals surface area contributed by atoms with Crippen LogP contribution in [0.1, 0.15) is 197 Å². The zero-order valence-electron chi connectivity index (χ0n) is 42.7. The number of ether oxygens (including phenoxy) is 4. The van der Waals surface area contributed by atoms with Gasteiger partial charge in [-0.1, -0.05) is 119 Å². The Kier molecular flexibility index (Phi) is 12.2. The fourth-order valence-corrected chi connectivity index (χ4v) is 15.9. The van der Waals surface area contributed by atoms with Gasteiger partial charge < -0.3 is 29.6 Å². The van der Waals surface area contributed by atoms with Crippen LogP contribution in [0.15, 0.2) is 97.1 Å². The molecule has 4 aromatic rings. The summed E-state index contributed by atoms with van der Waals surface area (Å²) in [7, 11) is 0. The molecular formula is C63H82N2O4. The van der Waals surface area contributed by atoms with Crippen molar-refractivity contribution >= 4 is 0 Å². The molecule has 12 rings (SSSR count). The molecule has 0 amide bonds. The van der Waals surface area contributed by atoms with Gasteiger partial charge in [-0.3, -0.25) is 0 Å². The summed E-state index contributed by atoms with van der Waals surface area (Å²) in [6, 6.07) is 37.4. The van der Waals surface area contributed by atoms with Gasteiger partial charge in [0.2, 0.25) is 0 Å². The maximum Gasteiger partial charge on any atom is 0.171 e. The number of hydrogen-bond donors (Lipinski definition) is 2. The first-order valence-electron chi connectivity index (χ1n) is 27.7. The molecule has 4 saturated carbocycles. The minimum Gasteiger partial charge on any atom is -0.349 e.